The highest BCUT2D eigenvalue weighted by Crippen LogP contribution is 2.24. The van der Waals surface area contributed by atoms with Gasteiger partial charge in [-0.2, -0.15) is 0 Å². The predicted molar refractivity (Wildman–Crippen MR) is 96.5 cm³/mol. The Labute approximate surface area is 150 Å². The zero-order valence-electron chi connectivity index (χ0n) is 15.7. The van der Waals surface area contributed by atoms with E-state index in [1.54, 1.807) is 0 Å². The molecular weight excluding hydrogens is 318 g/mol. The Morgan fingerprint density at radius 2 is 1.92 bits per heavy atom. The first-order chi connectivity index (χ1) is 12.0. The molecule has 25 heavy (non-hydrogen) atoms. The van der Waals surface area contributed by atoms with Gasteiger partial charge >= 0.3 is 6.03 Å². The molecule has 0 saturated carbocycles. The van der Waals surface area contributed by atoms with E-state index in [-0.39, 0.29) is 12.1 Å². The lowest BCUT2D eigenvalue weighted by molar-refractivity contribution is 0.0117. The maximum Gasteiger partial charge on any atom is 0.317 e. The van der Waals surface area contributed by atoms with Crippen molar-refractivity contribution in [2.75, 3.05) is 45.9 Å². The van der Waals surface area contributed by atoms with Crippen LogP contribution in [0.1, 0.15) is 37.8 Å². The van der Waals surface area contributed by atoms with Crippen molar-refractivity contribution in [3.8, 4) is 0 Å². The zero-order valence-corrected chi connectivity index (χ0v) is 15.7. The first kappa shape index (κ1) is 18.3. The minimum Gasteiger partial charge on any atom is -0.465 e. The Morgan fingerprint density at radius 1 is 1.24 bits per heavy atom. The van der Waals surface area contributed by atoms with Crippen LogP contribution in [0.4, 0.5) is 4.79 Å². The van der Waals surface area contributed by atoms with Crippen molar-refractivity contribution in [2.45, 2.75) is 33.2 Å². The molecule has 3 rings (SSSR count). The number of hydrogen-bond acceptors (Lipinski definition) is 4. The summed E-state index contributed by atoms with van der Waals surface area (Å²) in [5, 5.41) is 3.14. The molecule has 1 aromatic rings. The fourth-order valence-corrected chi connectivity index (χ4v) is 4.06. The summed E-state index contributed by atoms with van der Waals surface area (Å²) in [6.45, 7) is 11.8. The second kappa shape index (κ2) is 8.23. The lowest BCUT2D eigenvalue weighted by Gasteiger charge is -2.36. The van der Waals surface area contributed by atoms with Crippen molar-refractivity contribution in [2.24, 2.45) is 11.8 Å². The molecule has 1 N–H and O–H groups in total. The number of carbonyl (C=O) groups excluding carboxylic acids is 1. The van der Waals surface area contributed by atoms with Crippen LogP contribution in [0.25, 0.3) is 0 Å². The summed E-state index contributed by atoms with van der Waals surface area (Å²) in [6, 6.07) is 4.10. The van der Waals surface area contributed by atoms with Gasteiger partial charge in [-0.05, 0) is 37.3 Å². The summed E-state index contributed by atoms with van der Waals surface area (Å²) in [5.41, 5.74) is 0. The molecular formula is C19H31N3O3. The molecule has 2 fully saturated rings. The van der Waals surface area contributed by atoms with Crippen LogP contribution in [0, 0.1) is 18.8 Å². The molecule has 2 saturated heterocycles. The van der Waals surface area contributed by atoms with Gasteiger partial charge in [-0.15, -0.1) is 0 Å². The molecule has 0 bridgehead atoms. The Bertz CT molecular complexity index is 558. The number of aryl methyl sites for hydroxylation is 1. The van der Waals surface area contributed by atoms with Gasteiger partial charge in [0.1, 0.15) is 11.5 Å². The predicted octanol–water partition coefficient (Wildman–Crippen LogP) is 2.65. The van der Waals surface area contributed by atoms with E-state index < -0.39 is 0 Å². The SMILES string of the molecule is Cc1ccc(C(CNC(=O)N2CC(C)CC(C)C2)N2CCOCC2)o1. The average molecular weight is 349 g/mol. The van der Waals surface area contributed by atoms with E-state index in [0.29, 0.717) is 18.4 Å². The maximum atomic E-state index is 12.7. The summed E-state index contributed by atoms with van der Waals surface area (Å²) in [6.07, 6.45) is 1.20. The number of piperidine rings is 1. The van der Waals surface area contributed by atoms with Gasteiger partial charge in [-0.3, -0.25) is 4.90 Å². The summed E-state index contributed by atoms with van der Waals surface area (Å²) < 4.78 is 11.3. The molecule has 2 aliphatic heterocycles. The molecule has 6 nitrogen and oxygen atoms in total. The second-order valence-electron chi connectivity index (χ2n) is 7.65. The van der Waals surface area contributed by atoms with Crippen molar-refractivity contribution in [1.82, 2.24) is 15.1 Å². The Morgan fingerprint density at radius 3 is 2.52 bits per heavy atom. The third-order valence-electron chi connectivity index (χ3n) is 5.18. The zero-order chi connectivity index (χ0) is 17.8. The molecule has 3 atom stereocenters. The number of amides is 2. The standard InChI is InChI=1S/C19H31N3O3/c1-14-10-15(2)13-22(12-14)19(23)20-11-17(18-5-4-16(3)25-18)21-6-8-24-9-7-21/h4-5,14-15,17H,6-13H2,1-3H3,(H,20,23). The fraction of sp³-hybridized carbons (Fsp3) is 0.737. The van der Waals surface area contributed by atoms with Gasteiger partial charge < -0.3 is 19.4 Å². The molecule has 2 amide bonds. The molecule has 0 radical (unpaired) electrons. The van der Waals surface area contributed by atoms with E-state index in [4.69, 9.17) is 9.15 Å². The lowest BCUT2D eigenvalue weighted by atomic mass is 9.92. The molecule has 0 aliphatic carbocycles. The van der Waals surface area contributed by atoms with Crippen LogP contribution >= 0.6 is 0 Å². The largest absolute Gasteiger partial charge is 0.465 e. The highest BCUT2D eigenvalue weighted by atomic mass is 16.5. The van der Waals surface area contributed by atoms with Crippen LogP contribution in [0.2, 0.25) is 0 Å². The molecule has 3 heterocycles. The van der Waals surface area contributed by atoms with Crippen molar-refractivity contribution in [3.05, 3.63) is 23.7 Å². The maximum absolute atomic E-state index is 12.7. The van der Waals surface area contributed by atoms with Gasteiger partial charge in [-0.25, -0.2) is 4.79 Å². The van der Waals surface area contributed by atoms with Gasteiger partial charge in [0.2, 0.25) is 0 Å². The van der Waals surface area contributed by atoms with Crippen molar-refractivity contribution in [1.29, 1.82) is 0 Å². The van der Waals surface area contributed by atoms with Gasteiger partial charge in [0.25, 0.3) is 0 Å². The number of hydrogen-bond donors (Lipinski definition) is 1. The summed E-state index contributed by atoms with van der Waals surface area (Å²) >= 11 is 0. The minimum absolute atomic E-state index is 0.0416. The van der Waals surface area contributed by atoms with Gasteiger partial charge in [0, 0.05) is 32.7 Å². The Hall–Kier alpha value is -1.53. The number of urea groups is 1. The molecule has 2 aliphatic rings. The minimum atomic E-state index is 0.0416. The molecule has 0 aromatic carbocycles. The number of rotatable bonds is 4. The first-order valence-corrected chi connectivity index (χ1v) is 9.44. The van der Waals surface area contributed by atoms with Crippen LogP contribution in [0.3, 0.4) is 0 Å². The van der Waals surface area contributed by atoms with E-state index in [1.165, 1.54) is 6.42 Å². The Balaban J connectivity index is 1.62. The highest BCUT2D eigenvalue weighted by Gasteiger charge is 2.28. The van der Waals surface area contributed by atoms with Crippen molar-refractivity contribution >= 4 is 6.03 Å². The van der Waals surface area contributed by atoms with Gasteiger partial charge in [-0.1, -0.05) is 13.8 Å². The smallest absolute Gasteiger partial charge is 0.317 e. The topological polar surface area (TPSA) is 58.0 Å². The fourth-order valence-electron chi connectivity index (χ4n) is 4.06. The number of likely N-dealkylation sites (tertiary alicyclic amines) is 1. The average Bonchev–Trinajstić information content (AvgIpc) is 3.01. The third kappa shape index (κ3) is 4.76. The van der Waals surface area contributed by atoms with Crippen LogP contribution in [-0.2, 0) is 4.74 Å². The van der Waals surface area contributed by atoms with Gasteiger partial charge in [0.15, 0.2) is 0 Å². The third-order valence-corrected chi connectivity index (χ3v) is 5.18. The van der Waals surface area contributed by atoms with E-state index in [9.17, 15) is 4.79 Å². The first-order valence-electron chi connectivity index (χ1n) is 9.44. The number of furan rings is 1. The summed E-state index contributed by atoms with van der Waals surface area (Å²) in [5.74, 6) is 2.95. The normalized spacial score (nSPS) is 26.4. The van der Waals surface area contributed by atoms with Crippen molar-refractivity contribution < 1.29 is 13.9 Å². The van der Waals surface area contributed by atoms with Crippen LogP contribution < -0.4 is 5.32 Å². The van der Waals surface area contributed by atoms with Crippen LogP contribution in [0.5, 0.6) is 0 Å². The summed E-state index contributed by atoms with van der Waals surface area (Å²) in [4.78, 5) is 17.0. The molecule has 0 spiro atoms. The molecule has 1 aromatic heterocycles. The van der Waals surface area contributed by atoms with E-state index >= 15 is 0 Å². The number of morpholine rings is 1. The van der Waals surface area contributed by atoms with Crippen LogP contribution in [-0.4, -0.2) is 61.8 Å². The highest BCUT2D eigenvalue weighted by molar-refractivity contribution is 5.74. The molecule has 140 valence electrons. The second-order valence-corrected chi connectivity index (χ2v) is 7.65. The van der Waals surface area contributed by atoms with E-state index in [0.717, 1.165) is 50.9 Å². The van der Waals surface area contributed by atoms with E-state index in [1.807, 2.05) is 24.0 Å². The van der Waals surface area contributed by atoms with Crippen LogP contribution in [0.15, 0.2) is 16.5 Å². The monoisotopic (exact) mass is 349 g/mol. The van der Waals surface area contributed by atoms with E-state index in [2.05, 4.69) is 24.1 Å². The van der Waals surface area contributed by atoms with Gasteiger partial charge in [0.05, 0.1) is 19.3 Å². The summed E-state index contributed by atoms with van der Waals surface area (Å²) in [7, 11) is 0. The number of ether oxygens (including phenoxy) is 1. The Kier molecular flexibility index (Phi) is 6.02. The molecule has 6 heteroatoms. The number of carbonyl (C=O) groups is 1. The number of nitrogens with one attached hydrogen (secondary N) is 1. The quantitative estimate of drug-likeness (QED) is 0.908. The lowest BCUT2D eigenvalue weighted by Crippen LogP contribution is -2.50. The van der Waals surface area contributed by atoms with Crippen molar-refractivity contribution in [3.63, 3.8) is 0 Å². The molecule has 3 unspecified atom stereocenters. The number of nitrogens with zero attached hydrogens (tertiary/aromatic N) is 2.